The van der Waals surface area contributed by atoms with E-state index in [2.05, 4.69) is 20.2 Å². The molecule has 2 unspecified atom stereocenters. The number of benzene rings is 3. The number of phenols is 1. The second kappa shape index (κ2) is 8.91. The number of nitrogens with one attached hydrogen (secondary N) is 1. The molecule has 2 aliphatic heterocycles. The number of piperazine rings is 1. The lowest BCUT2D eigenvalue weighted by Gasteiger charge is -2.34. The second-order valence-electron chi connectivity index (χ2n) is 9.40. The molecule has 3 N–H and O–H groups in total. The Morgan fingerprint density at radius 3 is 2.61 bits per heavy atom. The van der Waals surface area contributed by atoms with Crippen molar-refractivity contribution in [2.75, 3.05) is 24.6 Å². The number of hydrogen-bond acceptors (Lipinski definition) is 7. The third-order valence-electron chi connectivity index (χ3n) is 6.97. The van der Waals surface area contributed by atoms with Gasteiger partial charge in [0.25, 0.3) is 0 Å². The van der Waals surface area contributed by atoms with Crippen molar-refractivity contribution in [2.24, 2.45) is 0 Å². The fourth-order valence-corrected chi connectivity index (χ4v) is 5.36. The Balaban J connectivity index is 1.50. The van der Waals surface area contributed by atoms with Crippen LogP contribution in [0.1, 0.15) is 19.3 Å². The average molecular weight is 489 g/mol. The van der Waals surface area contributed by atoms with E-state index < -0.39 is 11.8 Å². The monoisotopic (exact) mass is 488 g/mol. The minimum atomic E-state index is -1.00. The van der Waals surface area contributed by atoms with Crippen molar-refractivity contribution < 1.29 is 24.1 Å². The Morgan fingerprint density at radius 2 is 1.83 bits per heavy atom. The Morgan fingerprint density at radius 1 is 1.06 bits per heavy atom. The lowest BCUT2D eigenvalue weighted by Crippen LogP contribution is -2.51. The first-order chi connectivity index (χ1) is 17.5. The van der Waals surface area contributed by atoms with Crippen LogP contribution in [0.4, 0.5) is 10.2 Å². The molecule has 184 valence electrons. The third kappa shape index (κ3) is 4.05. The Labute approximate surface area is 206 Å². The largest absolute Gasteiger partial charge is 0.508 e. The Hall–Kier alpha value is -3.98. The zero-order valence-corrected chi connectivity index (χ0v) is 19.4. The average Bonchev–Trinajstić information content (AvgIpc) is 3.20. The molecule has 2 aliphatic rings. The van der Waals surface area contributed by atoms with Crippen molar-refractivity contribution >= 4 is 33.5 Å². The molecule has 0 saturated carbocycles. The van der Waals surface area contributed by atoms with Crippen LogP contribution in [0, 0.1) is 5.82 Å². The van der Waals surface area contributed by atoms with Gasteiger partial charge >= 0.3 is 12.0 Å². The molecule has 8 nitrogen and oxygen atoms in total. The van der Waals surface area contributed by atoms with Crippen LogP contribution in [-0.4, -0.2) is 57.9 Å². The highest BCUT2D eigenvalue weighted by Crippen LogP contribution is 2.38. The molecular weight excluding hydrogens is 463 g/mol. The second-order valence-corrected chi connectivity index (χ2v) is 9.40. The number of anilines is 1. The molecule has 0 aliphatic carbocycles. The minimum Gasteiger partial charge on any atom is -0.508 e. The molecule has 3 heterocycles. The first-order valence-electron chi connectivity index (χ1n) is 12.0. The van der Waals surface area contributed by atoms with Gasteiger partial charge in [0.2, 0.25) is 0 Å². The van der Waals surface area contributed by atoms with E-state index in [4.69, 9.17) is 9.84 Å². The summed E-state index contributed by atoms with van der Waals surface area (Å²) in [4.78, 5) is 22.1. The van der Waals surface area contributed by atoms with E-state index in [1.807, 2.05) is 30.3 Å². The smallest absolute Gasteiger partial charge is 0.319 e. The first kappa shape index (κ1) is 22.5. The van der Waals surface area contributed by atoms with Gasteiger partial charge in [0.05, 0.1) is 6.42 Å². The summed E-state index contributed by atoms with van der Waals surface area (Å²) < 4.78 is 21.8. The molecule has 2 fully saturated rings. The highest BCUT2D eigenvalue weighted by molar-refractivity contribution is 6.01. The number of rotatable bonds is 6. The van der Waals surface area contributed by atoms with Crippen molar-refractivity contribution in [3.8, 4) is 22.9 Å². The number of hydrogen-bond donors (Lipinski definition) is 3. The predicted molar refractivity (Wildman–Crippen MR) is 134 cm³/mol. The zero-order chi connectivity index (χ0) is 24.8. The molecule has 36 heavy (non-hydrogen) atoms. The van der Waals surface area contributed by atoms with Gasteiger partial charge in [-0.3, -0.25) is 4.79 Å². The molecule has 0 amide bonds. The quantitative estimate of drug-likeness (QED) is 0.373. The number of halogens is 1. The van der Waals surface area contributed by atoms with Crippen molar-refractivity contribution in [1.82, 2.24) is 15.3 Å². The molecule has 1 aromatic heterocycles. The van der Waals surface area contributed by atoms with Gasteiger partial charge < -0.3 is 25.2 Å². The van der Waals surface area contributed by atoms with Crippen LogP contribution in [0.15, 0.2) is 48.5 Å². The van der Waals surface area contributed by atoms with Crippen LogP contribution in [0.2, 0.25) is 0 Å². The van der Waals surface area contributed by atoms with Gasteiger partial charge in [-0.1, -0.05) is 30.3 Å². The van der Waals surface area contributed by atoms with E-state index in [-0.39, 0.29) is 30.3 Å². The van der Waals surface area contributed by atoms with Crippen LogP contribution in [0.5, 0.6) is 11.8 Å². The summed E-state index contributed by atoms with van der Waals surface area (Å²) in [6.07, 6.45) is 1.94. The summed E-state index contributed by atoms with van der Waals surface area (Å²) in [5, 5.41) is 25.0. The van der Waals surface area contributed by atoms with Gasteiger partial charge in [0.15, 0.2) is 5.82 Å². The maximum Gasteiger partial charge on any atom is 0.319 e. The summed E-state index contributed by atoms with van der Waals surface area (Å²) in [6.45, 7) is 1.35. The van der Waals surface area contributed by atoms with Gasteiger partial charge in [-0.05, 0) is 47.4 Å². The standard InChI is InChI=1S/C27H25FN4O4/c28-24-20(22-12-18(33)11-15-3-1-2-4-19(15)22)7-8-21-25(24)30-27(36-10-9-23(34)35)31-26(21)32-13-16-5-6-17(14-32)29-16/h1-4,7-8,11-12,16-17,29,33H,5-6,9-10,13-14H2,(H,34,35). The third-order valence-corrected chi connectivity index (χ3v) is 6.97. The van der Waals surface area contributed by atoms with Crippen LogP contribution < -0.4 is 15.0 Å². The molecule has 3 aromatic carbocycles. The van der Waals surface area contributed by atoms with Crippen LogP contribution in [0.25, 0.3) is 32.8 Å². The Kier molecular flexibility index (Phi) is 5.56. The molecule has 2 atom stereocenters. The number of carboxylic acid groups (broad SMARTS) is 1. The van der Waals surface area contributed by atoms with E-state index in [1.54, 1.807) is 18.2 Å². The van der Waals surface area contributed by atoms with Gasteiger partial charge in [0, 0.05) is 36.1 Å². The highest BCUT2D eigenvalue weighted by Gasteiger charge is 2.34. The van der Waals surface area contributed by atoms with E-state index in [0.29, 0.717) is 34.4 Å². The zero-order valence-electron chi connectivity index (χ0n) is 19.4. The fraction of sp³-hybridized carbons (Fsp3) is 0.296. The molecule has 6 rings (SSSR count). The lowest BCUT2D eigenvalue weighted by molar-refractivity contribution is -0.137. The number of phenolic OH excluding ortho intramolecular Hbond substituents is 1. The fourth-order valence-electron chi connectivity index (χ4n) is 5.36. The van der Waals surface area contributed by atoms with Gasteiger partial charge in [0.1, 0.15) is 23.7 Å². The van der Waals surface area contributed by atoms with Crippen LogP contribution >= 0.6 is 0 Å². The van der Waals surface area contributed by atoms with E-state index in [1.165, 1.54) is 0 Å². The SMILES string of the molecule is O=C(O)CCOc1nc(N2CC3CCC(C2)N3)c2ccc(-c3cc(O)cc4ccccc34)c(F)c2n1. The molecule has 0 radical (unpaired) electrons. The molecule has 9 heteroatoms. The number of nitrogens with zero attached hydrogens (tertiary/aromatic N) is 3. The van der Waals surface area contributed by atoms with Crippen molar-refractivity contribution in [3.05, 3.63) is 54.3 Å². The summed E-state index contributed by atoms with van der Waals surface area (Å²) in [5.74, 6) is -0.928. The maximum absolute atomic E-state index is 16.2. The maximum atomic E-state index is 16.2. The van der Waals surface area contributed by atoms with Crippen LogP contribution in [0.3, 0.4) is 0 Å². The number of aromatic hydroxyl groups is 1. The molecule has 0 spiro atoms. The van der Waals surface area contributed by atoms with Gasteiger partial charge in [-0.25, -0.2) is 4.39 Å². The van der Waals surface area contributed by atoms with Gasteiger partial charge in [-0.2, -0.15) is 9.97 Å². The summed E-state index contributed by atoms with van der Waals surface area (Å²) >= 11 is 0. The van der Waals surface area contributed by atoms with E-state index >= 15 is 4.39 Å². The molecule has 2 bridgehead atoms. The number of carbonyl (C=O) groups is 1. The van der Waals surface area contributed by atoms with Crippen LogP contribution in [-0.2, 0) is 4.79 Å². The van der Waals surface area contributed by atoms with Gasteiger partial charge in [-0.15, -0.1) is 0 Å². The van der Waals surface area contributed by atoms with Crippen molar-refractivity contribution in [2.45, 2.75) is 31.3 Å². The minimum absolute atomic E-state index is 0.0422. The highest BCUT2D eigenvalue weighted by atomic mass is 19.1. The topological polar surface area (TPSA) is 108 Å². The van der Waals surface area contributed by atoms with Crippen molar-refractivity contribution in [3.63, 3.8) is 0 Å². The number of carboxylic acids is 1. The normalized spacial score (nSPS) is 19.2. The lowest BCUT2D eigenvalue weighted by atomic mass is 9.96. The Bertz CT molecular complexity index is 1480. The van der Waals surface area contributed by atoms with Crippen molar-refractivity contribution in [1.29, 1.82) is 0 Å². The molecular formula is C27H25FN4O4. The first-order valence-corrected chi connectivity index (χ1v) is 12.0. The summed E-state index contributed by atoms with van der Waals surface area (Å²) in [5.41, 5.74) is 0.955. The number of aliphatic carboxylic acids is 1. The molecule has 2 saturated heterocycles. The van der Waals surface area contributed by atoms with E-state index in [0.717, 1.165) is 36.7 Å². The number of aromatic nitrogens is 2. The number of ether oxygens (including phenoxy) is 1. The number of fused-ring (bicyclic) bond motifs is 4. The summed E-state index contributed by atoms with van der Waals surface area (Å²) in [7, 11) is 0. The van der Waals surface area contributed by atoms with E-state index in [9.17, 15) is 9.90 Å². The summed E-state index contributed by atoms with van der Waals surface area (Å²) in [6, 6.07) is 14.8. The molecule has 4 aromatic rings. The predicted octanol–water partition coefficient (Wildman–Crippen LogP) is 4.09.